The monoisotopic (exact) mass is 194 g/mol. The van der Waals surface area contributed by atoms with Gasteiger partial charge in [0.2, 0.25) is 0 Å². The Morgan fingerprint density at radius 1 is 1.14 bits per heavy atom. The number of ketones is 1. The molecule has 2 saturated carbocycles. The van der Waals surface area contributed by atoms with Gasteiger partial charge < -0.3 is 0 Å². The fraction of sp³-hybridized carbons (Fsp3) is 0.923. The standard InChI is InChI=1S/C13H22O/c1-3-9(4-2)13(14)12-10-7-5-6-8-11(10)12/h9-12H,3-8H2,1-2H3. The van der Waals surface area contributed by atoms with Gasteiger partial charge in [0.05, 0.1) is 0 Å². The second-order valence-electron chi connectivity index (χ2n) is 5.05. The fourth-order valence-electron chi connectivity index (χ4n) is 3.38. The van der Waals surface area contributed by atoms with Crippen molar-refractivity contribution in [1.29, 1.82) is 0 Å². The van der Waals surface area contributed by atoms with Gasteiger partial charge in [0.1, 0.15) is 5.78 Å². The Morgan fingerprint density at radius 3 is 2.07 bits per heavy atom. The van der Waals surface area contributed by atoms with Gasteiger partial charge in [0, 0.05) is 11.8 Å². The third-order valence-corrected chi connectivity index (χ3v) is 4.37. The molecule has 0 N–H and O–H groups in total. The van der Waals surface area contributed by atoms with E-state index in [0.29, 0.717) is 17.6 Å². The summed E-state index contributed by atoms with van der Waals surface area (Å²) in [6.07, 6.45) is 7.50. The molecular formula is C13H22O. The maximum absolute atomic E-state index is 12.1. The summed E-state index contributed by atoms with van der Waals surface area (Å²) >= 11 is 0. The van der Waals surface area contributed by atoms with Gasteiger partial charge in [-0.15, -0.1) is 0 Å². The second kappa shape index (κ2) is 4.04. The van der Waals surface area contributed by atoms with Crippen molar-refractivity contribution in [2.45, 2.75) is 52.4 Å². The molecule has 1 nitrogen and oxygen atoms in total. The summed E-state index contributed by atoms with van der Waals surface area (Å²) in [6, 6.07) is 0. The van der Waals surface area contributed by atoms with Crippen LogP contribution in [0.2, 0.25) is 0 Å². The molecule has 80 valence electrons. The van der Waals surface area contributed by atoms with E-state index in [1.54, 1.807) is 0 Å². The summed E-state index contributed by atoms with van der Waals surface area (Å²) in [5, 5.41) is 0. The average molecular weight is 194 g/mol. The summed E-state index contributed by atoms with van der Waals surface area (Å²) in [7, 11) is 0. The number of carbonyl (C=O) groups excluding carboxylic acids is 1. The van der Waals surface area contributed by atoms with Crippen LogP contribution in [0.25, 0.3) is 0 Å². The van der Waals surface area contributed by atoms with Gasteiger partial charge >= 0.3 is 0 Å². The number of rotatable bonds is 4. The predicted octanol–water partition coefficient (Wildman–Crippen LogP) is 3.43. The molecule has 2 aliphatic carbocycles. The highest BCUT2D eigenvalue weighted by atomic mass is 16.1. The lowest BCUT2D eigenvalue weighted by atomic mass is 9.93. The van der Waals surface area contributed by atoms with E-state index in [1.165, 1.54) is 25.7 Å². The molecule has 0 radical (unpaired) electrons. The van der Waals surface area contributed by atoms with Crippen LogP contribution in [0.1, 0.15) is 52.4 Å². The summed E-state index contributed by atoms with van der Waals surface area (Å²) in [5.41, 5.74) is 0. The molecule has 2 rings (SSSR count). The van der Waals surface area contributed by atoms with Crippen LogP contribution < -0.4 is 0 Å². The Labute approximate surface area is 87.3 Å². The molecule has 2 atom stereocenters. The van der Waals surface area contributed by atoms with Gasteiger partial charge in [0.15, 0.2) is 0 Å². The minimum Gasteiger partial charge on any atom is -0.299 e. The molecule has 0 heterocycles. The SMILES string of the molecule is CCC(CC)C(=O)C1C2CCCCC21. The molecule has 1 heteroatoms. The zero-order chi connectivity index (χ0) is 10.1. The molecule has 0 aromatic rings. The Morgan fingerprint density at radius 2 is 1.64 bits per heavy atom. The van der Waals surface area contributed by atoms with Crippen LogP contribution in [0.15, 0.2) is 0 Å². The van der Waals surface area contributed by atoms with Crippen molar-refractivity contribution < 1.29 is 4.79 Å². The van der Waals surface area contributed by atoms with Crippen LogP contribution in [0.5, 0.6) is 0 Å². The van der Waals surface area contributed by atoms with Gasteiger partial charge in [-0.3, -0.25) is 4.79 Å². The van der Waals surface area contributed by atoms with E-state index in [4.69, 9.17) is 0 Å². The van der Waals surface area contributed by atoms with E-state index in [9.17, 15) is 4.79 Å². The minimum atomic E-state index is 0.366. The van der Waals surface area contributed by atoms with Gasteiger partial charge in [-0.05, 0) is 37.5 Å². The summed E-state index contributed by atoms with van der Waals surface area (Å²) in [6.45, 7) is 4.30. The van der Waals surface area contributed by atoms with Gasteiger partial charge in [-0.2, -0.15) is 0 Å². The summed E-state index contributed by atoms with van der Waals surface area (Å²) < 4.78 is 0. The predicted molar refractivity (Wildman–Crippen MR) is 58.0 cm³/mol. The largest absolute Gasteiger partial charge is 0.299 e. The smallest absolute Gasteiger partial charge is 0.139 e. The van der Waals surface area contributed by atoms with Crippen LogP contribution in [0.4, 0.5) is 0 Å². The van der Waals surface area contributed by atoms with Crippen LogP contribution >= 0.6 is 0 Å². The molecule has 0 saturated heterocycles. The van der Waals surface area contributed by atoms with E-state index in [-0.39, 0.29) is 0 Å². The first-order valence-electron chi connectivity index (χ1n) is 6.33. The molecule has 2 unspecified atom stereocenters. The van der Waals surface area contributed by atoms with Crippen molar-refractivity contribution >= 4 is 5.78 Å². The first-order chi connectivity index (χ1) is 6.79. The molecule has 2 fully saturated rings. The highest BCUT2D eigenvalue weighted by Gasteiger charge is 2.54. The number of hydrogen-bond donors (Lipinski definition) is 0. The van der Waals surface area contributed by atoms with E-state index < -0.39 is 0 Å². The highest BCUT2D eigenvalue weighted by Crippen LogP contribution is 2.56. The van der Waals surface area contributed by atoms with Crippen molar-refractivity contribution in [1.82, 2.24) is 0 Å². The molecule has 2 aliphatic rings. The quantitative estimate of drug-likeness (QED) is 0.670. The van der Waals surface area contributed by atoms with Crippen molar-refractivity contribution in [2.75, 3.05) is 0 Å². The van der Waals surface area contributed by atoms with Crippen LogP contribution in [-0.4, -0.2) is 5.78 Å². The second-order valence-corrected chi connectivity index (χ2v) is 5.05. The Balaban J connectivity index is 1.93. The molecule has 14 heavy (non-hydrogen) atoms. The van der Waals surface area contributed by atoms with Crippen molar-refractivity contribution in [3.8, 4) is 0 Å². The third kappa shape index (κ3) is 1.62. The Kier molecular flexibility index (Phi) is 2.94. The third-order valence-electron chi connectivity index (χ3n) is 4.37. The van der Waals surface area contributed by atoms with Crippen molar-refractivity contribution in [3.63, 3.8) is 0 Å². The Bertz CT molecular complexity index is 205. The molecule has 0 aromatic carbocycles. The Hall–Kier alpha value is -0.330. The molecule has 0 aromatic heterocycles. The number of Topliss-reactive ketones (excluding diaryl/α,β-unsaturated/α-hetero) is 1. The molecule has 0 aliphatic heterocycles. The minimum absolute atomic E-state index is 0.366. The zero-order valence-electron chi connectivity index (χ0n) is 9.46. The topological polar surface area (TPSA) is 17.1 Å². The number of fused-ring (bicyclic) bond motifs is 1. The average Bonchev–Trinajstić information content (AvgIpc) is 2.93. The lowest BCUT2D eigenvalue weighted by Crippen LogP contribution is -2.16. The highest BCUT2D eigenvalue weighted by molar-refractivity contribution is 5.86. The van der Waals surface area contributed by atoms with Crippen LogP contribution in [0, 0.1) is 23.7 Å². The zero-order valence-corrected chi connectivity index (χ0v) is 9.46. The molecule has 0 bridgehead atoms. The molecular weight excluding hydrogens is 172 g/mol. The maximum atomic E-state index is 12.1. The van der Waals surface area contributed by atoms with E-state index in [2.05, 4.69) is 13.8 Å². The number of hydrogen-bond acceptors (Lipinski definition) is 1. The van der Waals surface area contributed by atoms with Gasteiger partial charge in [-0.25, -0.2) is 0 Å². The normalized spacial score (nSPS) is 35.5. The van der Waals surface area contributed by atoms with Gasteiger partial charge in [-0.1, -0.05) is 26.7 Å². The van der Waals surface area contributed by atoms with E-state index >= 15 is 0 Å². The number of carbonyl (C=O) groups is 1. The van der Waals surface area contributed by atoms with Crippen molar-refractivity contribution in [3.05, 3.63) is 0 Å². The van der Waals surface area contributed by atoms with E-state index in [0.717, 1.165) is 24.7 Å². The van der Waals surface area contributed by atoms with Crippen molar-refractivity contribution in [2.24, 2.45) is 23.7 Å². The molecule has 0 spiro atoms. The van der Waals surface area contributed by atoms with Crippen LogP contribution in [-0.2, 0) is 4.79 Å². The summed E-state index contributed by atoms with van der Waals surface area (Å²) in [5.74, 6) is 3.06. The lowest BCUT2D eigenvalue weighted by molar-refractivity contribution is -0.124. The summed E-state index contributed by atoms with van der Waals surface area (Å²) in [4.78, 5) is 12.1. The fourth-order valence-corrected chi connectivity index (χ4v) is 3.38. The first kappa shape index (κ1) is 10.2. The van der Waals surface area contributed by atoms with Gasteiger partial charge in [0.25, 0.3) is 0 Å². The molecule has 0 amide bonds. The first-order valence-corrected chi connectivity index (χ1v) is 6.33. The van der Waals surface area contributed by atoms with E-state index in [1.807, 2.05) is 0 Å². The maximum Gasteiger partial charge on any atom is 0.139 e. The van der Waals surface area contributed by atoms with Crippen LogP contribution in [0.3, 0.4) is 0 Å². The lowest BCUT2D eigenvalue weighted by Gasteiger charge is -2.10.